The predicted molar refractivity (Wildman–Crippen MR) is 75.9 cm³/mol. The molecule has 0 aliphatic carbocycles. The van der Waals surface area contributed by atoms with Crippen LogP contribution >= 0.6 is 0 Å². The van der Waals surface area contributed by atoms with Gasteiger partial charge in [0.25, 0.3) is 0 Å². The molecule has 1 rings (SSSR count). The summed E-state index contributed by atoms with van der Waals surface area (Å²) in [4.78, 5) is 35.1. The van der Waals surface area contributed by atoms with Crippen LogP contribution in [0.3, 0.4) is 0 Å². The highest BCUT2D eigenvalue weighted by atomic mass is 19.1. The van der Waals surface area contributed by atoms with Crippen molar-refractivity contribution in [2.45, 2.75) is 32.7 Å². The van der Waals surface area contributed by atoms with Gasteiger partial charge in [0.05, 0.1) is 0 Å². The van der Waals surface area contributed by atoms with E-state index in [9.17, 15) is 18.8 Å². The Hall–Kier alpha value is -2.24. The maximum atomic E-state index is 13.1. The molecule has 1 atom stereocenters. The molecule has 0 saturated carbocycles. The summed E-state index contributed by atoms with van der Waals surface area (Å²) in [6.45, 7) is 4.53. The van der Waals surface area contributed by atoms with Crippen molar-refractivity contribution >= 4 is 17.6 Å². The number of primary amides is 1. The van der Waals surface area contributed by atoms with Crippen LogP contribution in [0.25, 0.3) is 0 Å². The Morgan fingerprint density at radius 2 is 1.95 bits per heavy atom. The number of Topliss-reactive ketones (excluding diaryl/α,β-unsaturated/α-hetero) is 1. The van der Waals surface area contributed by atoms with Gasteiger partial charge in [-0.25, -0.2) is 4.39 Å². The van der Waals surface area contributed by atoms with Crippen molar-refractivity contribution in [3.8, 4) is 0 Å². The molecule has 0 heterocycles. The average Bonchev–Trinajstić information content (AvgIpc) is 2.36. The third-order valence-corrected chi connectivity index (χ3v) is 3.12. The predicted octanol–water partition coefficient (Wildman–Crippen LogP) is 1.41. The summed E-state index contributed by atoms with van der Waals surface area (Å²) in [7, 11) is 0. The maximum absolute atomic E-state index is 13.1. The second kappa shape index (κ2) is 6.47. The van der Waals surface area contributed by atoms with Crippen molar-refractivity contribution in [1.82, 2.24) is 5.32 Å². The number of carbonyl (C=O) groups excluding carboxylic acids is 3. The number of benzene rings is 1. The summed E-state index contributed by atoms with van der Waals surface area (Å²) in [5, 5.41) is 2.46. The lowest BCUT2D eigenvalue weighted by Gasteiger charge is -2.23. The number of hydrogen-bond donors (Lipinski definition) is 2. The van der Waals surface area contributed by atoms with Gasteiger partial charge in [-0.05, 0) is 26.0 Å². The van der Waals surface area contributed by atoms with Crippen LogP contribution in [-0.4, -0.2) is 23.1 Å². The van der Waals surface area contributed by atoms with E-state index in [0.29, 0.717) is 0 Å². The first-order valence-electron chi connectivity index (χ1n) is 6.54. The van der Waals surface area contributed by atoms with Crippen molar-refractivity contribution in [2.75, 3.05) is 0 Å². The molecule has 0 radical (unpaired) electrons. The van der Waals surface area contributed by atoms with E-state index >= 15 is 0 Å². The van der Waals surface area contributed by atoms with E-state index in [1.807, 2.05) is 0 Å². The number of amides is 2. The van der Waals surface area contributed by atoms with Crippen LogP contribution in [-0.2, 0) is 9.59 Å². The Morgan fingerprint density at radius 3 is 2.48 bits per heavy atom. The molecule has 1 aromatic rings. The van der Waals surface area contributed by atoms with Gasteiger partial charge in [0.15, 0.2) is 5.78 Å². The van der Waals surface area contributed by atoms with E-state index < -0.39 is 29.1 Å². The Balaban J connectivity index is 2.69. The van der Waals surface area contributed by atoms with Crippen molar-refractivity contribution in [3.63, 3.8) is 0 Å². The molecular formula is C15H19FN2O3. The molecular weight excluding hydrogens is 275 g/mol. The Bertz CT molecular complexity index is 570. The lowest BCUT2D eigenvalue weighted by molar-refractivity contribution is -0.130. The average molecular weight is 294 g/mol. The first-order valence-corrected chi connectivity index (χ1v) is 6.54. The molecule has 0 fully saturated rings. The maximum Gasteiger partial charge on any atom is 0.242 e. The van der Waals surface area contributed by atoms with E-state index in [-0.39, 0.29) is 17.8 Å². The van der Waals surface area contributed by atoms with Crippen molar-refractivity contribution in [1.29, 1.82) is 0 Å². The molecule has 0 aromatic heterocycles. The number of nitrogens with two attached hydrogens (primary N) is 1. The zero-order valence-electron chi connectivity index (χ0n) is 12.3. The summed E-state index contributed by atoms with van der Waals surface area (Å²) in [6, 6.07) is 5.30. The van der Waals surface area contributed by atoms with Gasteiger partial charge in [-0.2, -0.15) is 0 Å². The molecule has 0 spiro atoms. The molecule has 0 aliphatic heterocycles. The highest BCUT2D eigenvalue weighted by molar-refractivity contribution is 6.00. The van der Waals surface area contributed by atoms with Crippen LogP contribution in [0, 0.1) is 11.7 Å². The Kier molecular flexibility index (Phi) is 5.18. The Morgan fingerprint density at radius 1 is 1.33 bits per heavy atom. The van der Waals surface area contributed by atoms with E-state index in [4.69, 9.17) is 5.73 Å². The lowest BCUT2D eigenvalue weighted by Crippen LogP contribution is -2.53. The molecule has 1 aromatic carbocycles. The third-order valence-electron chi connectivity index (χ3n) is 3.12. The monoisotopic (exact) mass is 294 g/mol. The smallest absolute Gasteiger partial charge is 0.242 e. The molecule has 21 heavy (non-hydrogen) atoms. The minimum absolute atomic E-state index is 0.105. The van der Waals surface area contributed by atoms with Crippen molar-refractivity contribution in [2.24, 2.45) is 11.7 Å². The van der Waals surface area contributed by atoms with Gasteiger partial charge in [0, 0.05) is 17.9 Å². The van der Waals surface area contributed by atoms with Crippen molar-refractivity contribution in [3.05, 3.63) is 35.6 Å². The minimum atomic E-state index is -1.18. The molecule has 3 N–H and O–H groups in total. The van der Waals surface area contributed by atoms with Gasteiger partial charge in [-0.1, -0.05) is 19.1 Å². The highest BCUT2D eigenvalue weighted by Crippen LogP contribution is 2.14. The molecule has 2 amide bonds. The van der Waals surface area contributed by atoms with Gasteiger partial charge in [0.2, 0.25) is 11.8 Å². The van der Waals surface area contributed by atoms with E-state index in [0.717, 1.165) is 6.07 Å². The molecule has 0 bridgehead atoms. The van der Waals surface area contributed by atoms with Gasteiger partial charge < -0.3 is 11.1 Å². The zero-order chi connectivity index (χ0) is 16.2. The first-order chi connectivity index (χ1) is 9.63. The fourth-order valence-electron chi connectivity index (χ4n) is 1.76. The SMILES string of the molecule is C[C@@H](CC(=O)NC(C)(C)C(N)=O)C(=O)c1cccc(F)c1. The van der Waals surface area contributed by atoms with E-state index in [1.54, 1.807) is 6.92 Å². The quantitative estimate of drug-likeness (QED) is 0.777. The van der Waals surface area contributed by atoms with Crippen molar-refractivity contribution < 1.29 is 18.8 Å². The summed E-state index contributed by atoms with van der Waals surface area (Å²) in [5.74, 6) is -2.60. The number of rotatable bonds is 6. The molecule has 114 valence electrons. The first kappa shape index (κ1) is 16.8. The van der Waals surface area contributed by atoms with Gasteiger partial charge in [0.1, 0.15) is 11.4 Å². The van der Waals surface area contributed by atoms with E-state index in [2.05, 4.69) is 5.32 Å². The van der Waals surface area contributed by atoms with E-state index in [1.165, 1.54) is 32.0 Å². The van der Waals surface area contributed by atoms with Crippen LogP contribution in [0.4, 0.5) is 4.39 Å². The molecule has 0 saturated heterocycles. The lowest BCUT2D eigenvalue weighted by atomic mass is 9.95. The summed E-state index contributed by atoms with van der Waals surface area (Å²) >= 11 is 0. The number of halogens is 1. The summed E-state index contributed by atoms with van der Waals surface area (Å²) in [6.07, 6.45) is -0.105. The fourth-order valence-corrected chi connectivity index (χ4v) is 1.76. The second-order valence-electron chi connectivity index (χ2n) is 5.52. The largest absolute Gasteiger partial charge is 0.368 e. The number of ketones is 1. The normalized spacial score (nSPS) is 12.6. The van der Waals surface area contributed by atoms with Gasteiger partial charge in [-0.15, -0.1) is 0 Å². The van der Waals surface area contributed by atoms with Gasteiger partial charge >= 0.3 is 0 Å². The summed E-state index contributed by atoms with van der Waals surface area (Å²) < 4.78 is 13.1. The number of nitrogens with one attached hydrogen (secondary N) is 1. The van der Waals surface area contributed by atoms with Crippen LogP contribution in [0.5, 0.6) is 0 Å². The number of hydrogen-bond acceptors (Lipinski definition) is 3. The van der Waals surface area contributed by atoms with Crippen LogP contribution < -0.4 is 11.1 Å². The second-order valence-corrected chi connectivity index (χ2v) is 5.52. The standard InChI is InChI=1S/C15H19FN2O3/c1-9(7-12(19)18-15(2,3)14(17)21)13(20)10-5-4-6-11(16)8-10/h4-6,8-9H,7H2,1-3H3,(H2,17,21)(H,18,19)/t9-/m0/s1. The minimum Gasteiger partial charge on any atom is -0.368 e. The fraction of sp³-hybridized carbons (Fsp3) is 0.400. The molecule has 0 unspecified atom stereocenters. The molecule has 5 nitrogen and oxygen atoms in total. The zero-order valence-corrected chi connectivity index (χ0v) is 12.3. The third kappa shape index (κ3) is 4.66. The Labute approximate surface area is 122 Å². The molecule has 6 heteroatoms. The van der Waals surface area contributed by atoms with Gasteiger partial charge in [-0.3, -0.25) is 14.4 Å². The highest BCUT2D eigenvalue weighted by Gasteiger charge is 2.28. The summed E-state index contributed by atoms with van der Waals surface area (Å²) in [5.41, 5.74) is 4.19. The topological polar surface area (TPSA) is 89.3 Å². The van der Waals surface area contributed by atoms with Crippen LogP contribution in [0.1, 0.15) is 37.6 Å². The number of carbonyl (C=O) groups is 3. The molecule has 0 aliphatic rings. The van der Waals surface area contributed by atoms with Crippen LogP contribution in [0.2, 0.25) is 0 Å². The van der Waals surface area contributed by atoms with Crippen LogP contribution in [0.15, 0.2) is 24.3 Å².